The summed E-state index contributed by atoms with van der Waals surface area (Å²) < 4.78 is 4.85. The van der Waals surface area contributed by atoms with E-state index in [1.807, 2.05) is 24.3 Å². The Balaban J connectivity index is 1.77. The van der Waals surface area contributed by atoms with Gasteiger partial charge in [0, 0.05) is 30.9 Å². The van der Waals surface area contributed by atoms with Crippen LogP contribution in [-0.4, -0.2) is 37.4 Å². The number of benzene rings is 1. The highest BCUT2D eigenvalue weighted by Gasteiger charge is 2.11. The third-order valence-electron chi connectivity index (χ3n) is 4.17. The van der Waals surface area contributed by atoms with Crippen LogP contribution < -0.4 is 10.2 Å². The van der Waals surface area contributed by atoms with Crippen molar-refractivity contribution >= 4 is 29.0 Å². The van der Waals surface area contributed by atoms with Crippen molar-refractivity contribution in [2.24, 2.45) is 0 Å². The van der Waals surface area contributed by atoms with Gasteiger partial charge in [-0.25, -0.2) is 0 Å². The molecule has 6 nitrogen and oxygen atoms in total. The molecule has 2 rings (SSSR count). The number of Topliss-reactive ketones (excluding diaryl/α,β-unsaturated/α-hetero) is 1. The number of ketones is 1. The largest absolute Gasteiger partial charge is 0.456 e. The van der Waals surface area contributed by atoms with Gasteiger partial charge in [-0.2, -0.15) is 0 Å². The van der Waals surface area contributed by atoms with Gasteiger partial charge >= 0.3 is 5.97 Å². The highest BCUT2D eigenvalue weighted by molar-refractivity contribution is 5.93. The Kier molecular flexibility index (Phi) is 7.44. The maximum absolute atomic E-state index is 11.8. The second kappa shape index (κ2) is 9.81. The number of amides is 1. The van der Waals surface area contributed by atoms with E-state index >= 15 is 0 Å². The first-order chi connectivity index (χ1) is 12.0. The number of hydrogen-bond donors (Lipinski definition) is 1. The molecule has 0 bridgehead atoms. The van der Waals surface area contributed by atoms with Crippen molar-refractivity contribution in [3.05, 3.63) is 24.3 Å². The third-order valence-corrected chi connectivity index (χ3v) is 4.17. The lowest BCUT2D eigenvalue weighted by molar-refractivity contribution is -0.148. The first-order valence-electron chi connectivity index (χ1n) is 8.84. The number of rotatable bonds is 7. The van der Waals surface area contributed by atoms with Crippen molar-refractivity contribution < 1.29 is 19.1 Å². The summed E-state index contributed by atoms with van der Waals surface area (Å²) in [5, 5.41) is 2.70. The Morgan fingerprint density at radius 2 is 1.64 bits per heavy atom. The summed E-state index contributed by atoms with van der Waals surface area (Å²) in [5.41, 5.74) is 1.83. The number of anilines is 2. The molecule has 1 heterocycles. The molecule has 1 N–H and O–H groups in total. The molecule has 1 aliphatic rings. The topological polar surface area (TPSA) is 75.7 Å². The number of nitrogens with zero attached hydrogens (tertiary/aromatic N) is 1. The Hall–Kier alpha value is -2.37. The van der Waals surface area contributed by atoms with Crippen molar-refractivity contribution in [2.75, 3.05) is 29.9 Å². The maximum atomic E-state index is 11.8. The van der Waals surface area contributed by atoms with Gasteiger partial charge in [-0.15, -0.1) is 0 Å². The Labute approximate surface area is 148 Å². The van der Waals surface area contributed by atoms with E-state index < -0.39 is 11.9 Å². The summed E-state index contributed by atoms with van der Waals surface area (Å²) in [4.78, 5) is 36.4. The summed E-state index contributed by atoms with van der Waals surface area (Å²) in [6.07, 6.45) is 5.15. The number of hydrogen-bond acceptors (Lipinski definition) is 5. The minimum Gasteiger partial charge on any atom is -0.456 e. The Bertz CT molecular complexity index is 590. The summed E-state index contributed by atoms with van der Waals surface area (Å²) in [5.74, 6) is -1.01. The van der Waals surface area contributed by atoms with Gasteiger partial charge in [-0.1, -0.05) is 12.8 Å². The van der Waals surface area contributed by atoms with Crippen molar-refractivity contribution in [1.82, 2.24) is 0 Å². The van der Waals surface area contributed by atoms with Crippen LogP contribution in [0.2, 0.25) is 0 Å². The average molecular weight is 346 g/mol. The lowest BCUT2D eigenvalue weighted by Crippen LogP contribution is -2.24. The summed E-state index contributed by atoms with van der Waals surface area (Å²) in [6, 6.07) is 7.71. The second-order valence-corrected chi connectivity index (χ2v) is 6.36. The highest BCUT2D eigenvalue weighted by Crippen LogP contribution is 2.21. The molecule has 1 amide bonds. The van der Waals surface area contributed by atoms with Gasteiger partial charge in [0.1, 0.15) is 5.78 Å². The van der Waals surface area contributed by atoms with Crippen LogP contribution in [0.5, 0.6) is 0 Å². The molecule has 6 heteroatoms. The fraction of sp³-hybridized carbons (Fsp3) is 0.526. The second-order valence-electron chi connectivity index (χ2n) is 6.36. The summed E-state index contributed by atoms with van der Waals surface area (Å²) in [7, 11) is 0. The van der Waals surface area contributed by atoms with Crippen LogP contribution in [0.15, 0.2) is 24.3 Å². The van der Waals surface area contributed by atoms with Crippen LogP contribution in [-0.2, 0) is 19.1 Å². The molecule has 136 valence electrons. The Morgan fingerprint density at radius 1 is 1.00 bits per heavy atom. The first kappa shape index (κ1) is 19.0. The van der Waals surface area contributed by atoms with E-state index in [4.69, 9.17) is 4.74 Å². The van der Waals surface area contributed by atoms with Gasteiger partial charge in [-0.05, 0) is 44.0 Å². The molecule has 1 aromatic carbocycles. The minimum atomic E-state index is -0.540. The molecule has 0 atom stereocenters. The van der Waals surface area contributed by atoms with Gasteiger partial charge in [0.05, 0.1) is 6.42 Å². The molecule has 0 aliphatic carbocycles. The summed E-state index contributed by atoms with van der Waals surface area (Å²) in [6.45, 7) is 3.21. The number of ether oxygens (including phenoxy) is 1. The third kappa shape index (κ3) is 6.95. The zero-order chi connectivity index (χ0) is 18.1. The van der Waals surface area contributed by atoms with E-state index in [2.05, 4.69) is 10.2 Å². The average Bonchev–Trinajstić information content (AvgIpc) is 2.88. The molecule has 1 aliphatic heterocycles. The predicted octanol–water partition coefficient (Wildman–Crippen LogP) is 2.92. The molecule has 25 heavy (non-hydrogen) atoms. The van der Waals surface area contributed by atoms with Crippen LogP contribution >= 0.6 is 0 Å². The zero-order valence-electron chi connectivity index (χ0n) is 14.8. The van der Waals surface area contributed by atoms with Gasteiger partial charge < -0.3 is 19.7 Å². The van der Waals surface area contributed by atoms with Gasteiger partial charge in [0.15, 0.2) is 6.61 Å². The van der Waals surface area contributed by atoms with E-state index in [9.17, 15) is 14.4 Å². The molecule has 0 saturated carbocycles. The molecule has 0 aromatic heterocycles. The number of carbonyl (C=O) groups excluding carboxylic acids is 3. The maximum Gasteiger partial charge on any atom is 0.306 e. The van der Waals surface area contributed by atoms with Crippen LogP contribution in [0.25, 0.3) is 0 Å². The summed E-state index contributed by atoms with van der Waals surface area (Å²) >= 11 is 0. The predicted molar refractivity (Wildman–Crippen MR) is 96.6 cm³/mol. The van der Waals surface area contributed by atoms with Crippen molar-refractivity contribution in [3.63, 3.8) is 0 Å². The molecule has 1 aromatic rings. The fourth-order valence-electron chi connectivity index (χ4n) is 2.78. The van der Waals surface area contributed by atoms with Gasteiger partial charge in [0.2, 0.25) is 0 Å². The van der Waals surface area contributed by atoms with E-state index in [0.717, 1.165) is 18.8 Å². The smallest absolute Gasteiger partial charge is 0.306 e. The van der Waals surface area contributed by atoms with Crippen molar-refractivity contribution in [1.29, 1.82) is 0 Å². The quantitative estimate of drug-likeness (QED) is 0.768. The monoisotopic (exact) mass is 346 g/mol. The molecule has 0 spiro atoms. The van der Waals surface area contributed by atoms with E-state index in [0.29, 0.717) is 5.69 Å². The molecule has 0 radical (unpaired) electrons. The SMILES string of the molecule is CC(=O)CCC(=O)OCC(=O)Nc1ccc(N2CCCCCC2)cc1. The van der Waals surface area contributed by atoms with Crippen molar-refractivity contribution in [3.8, 4) is 0 Å². The van der Waals surface area contributed by atoms with Crippen LogP contribution in [0, 0.1) is 0 Å². The van der Waals surface area contributed by atoms with Gasteiger partial charge in [-0.3, -0.25) is 9.59 Å². The van der Waals surface area contributed by atoms with Crippen molar-refractivity contribution in [2.45, 2.75) is 45.4 Å². The normalized spacial score (nSPS) is 14.5. The Morgan fingerprint density at radius 3 is 2.24 bits per heavy atom. The molecule has 1 fully saturated rings. The lowest BCUT2D eigenvalue weighted by atomic mass is 10.2. The van der Waals surface area contributed by atoms with E-state index in [1.54, 1.807) is 0 Å². The van der Waals surface area contributed by atoms with Crippen LogP contribution in [0.1, 0.15) is 45.4 Å². The number of carbonyl (C=O) groups is 3. The lowest BCUT2D eigenvalue weighted by Gasteiger charge is -2.22. The van der Waals surface area contributed by atoms with Crippen LogP contribution in [0.4, 0.5) is 11.4 Å². The standard InChI is InChI=1S/C19H26N2O4/c1-15(22)6-11-19(24)25-14-18(23)20-16-7-9-17(10-8-16)21-12-4-2-3-5-13-21/h7-10H,2-6,11-14H2,1H3,(H,20,23). The van der Waals surface area contributed by atoms with E-state index in [1.165, 1.54) is 32.6 Å². The number of esters is 1. The fourth-order valence-corrected chi connectivity index (χ4v) is 2.78. The molecule has 0 unspecified atom stereocenters. The minimum absolute atomic E-state index is 0.00709. The van der Waals surface area contributed by atoms with Gasteiger partial charge in [0.25, 0.3) is 5.91 Å². The van der Waals surface area contributed by atoms with Crippen LogP contribution in [0.3, 0.4) is 0 Å². The zero-order valence-corrected chi connectivity index (χ0v) is 14.8. The molecular formula is C19H26N2O4. The molecular weight excluding hydrogens is 320 g/mol. The highest BCUT2D eigenvalue weighted by atomic mass is 16.5. The first-order valence-corrected chi connectivity index (χ1v) is 8.84. The number of nitrogens with one attached hydrogen (secondary N) is 1. The van der Waals surface area contributed by atoms with E-state index in [-0.39, 0.29) is 25.2 Å². The molecule has 1 saturated heterocycles.